The molecule has 0 aromatic heterocycles. The summed E-state index contributed by atoms with van der Waals surface area (Å²) in [6, 6.07) is 25.2. The zero-order chi connectivity index (χ0) is 29.4. The highest BCUT2D eigenvalue weighted by Crippen LogP contribution is 2.49. The summed E-state index contributed by atoms with van der Waals surface area (Å²) in [5, 5.41) is 5.86. The normalized spacial score (nSPS) is 15.8. The van der Waals surface area contributed by atoms with Gasteiger partial charge in [0.2, 0.25) is 0 Å². The molecular formula is C35H30ClNO5. The maximum Gasteiger partial charge on any atom is 0.336 e. The standard InChI is InChI=1S/C35H30ClNO5/c1-4-40-28-18-23(17-27(36)34(28)42-19-22-13-10-12-21-11-6-7-14-24(21)22)30-29(35(39)41-5-2)20(3)37-32-25-15-8-9-16-26(25)33(38)31(30)32/h6-18,30,37H,4-5,19H2,1-3H3/t30-/m1/s1. The van der Waals surface area contributed by atoms with Crippen molar-refractivity contribution in [2.24, 2.45) is 0 Å². The van der Waals surface area contributed by atoms with Gasteiger partial charge in [-0.05, 0) is 54.8 Å². The highest BCUT2D eigenvalue weighted by atomic mass is 35.5. The van der Waals surface area contributed by atoms with Gasteiger partial charge < -0.3 is 19.5 Å². The number of rotatable bonds is 8. The first-order valence-corrected chi connectivity index (χ1v) is 14.4. The minimum Gasteiger partial charge on any atom is -0.490 e. The van der Waals surface area contributed by atoms with Crippen LogP contribution in [0.15, 0.2) is 95.7 Å². The smallest absolute Gasteiger partial charge is 0.336 e. The minimum atomic E-state index is -0.718. The summed E-state index contributed by atoms with van der Waals surface area (Å²) in [7, 11) is 0. The summed E-state index contributed by atoms with van der Waals surface area (Å²) in [5.41, 5.74) is 5.19. The van der Waals surface area contributed by atoms with Crippen LogP contribution in [-0.4, -0.2) is 25.0 Å². The van der Waals surface area contributed by atoms with E-state index in [9.17, 15) is 9.59 Å². The van der Waals surface area contributed by atoms with Gasteiger partial charge in [0.1, 0.15) is 6.61 Å². The average Bonchev–Trinajstić information content (AvgIpc) is 3.27. The van der Waals surface area contributed by atoms with Gasteiger partial charge in [-0.2, -0.15) is 0 Å². The molecule has 7 heteroatoms. The molecular weight excluding hydrogens is 550 g/mol. The molecule has 0 fully saturated rings. The van der Waals surface area contributed by atoms with E-state index in [-0.39, 0.29) is 19.0 Å². The quantitative estimate of drug-likeness (QED) is 0.217. The van der Waals surface area contributed by atoms with Crippen molar-refractivity contribution >= 4 is 39.8 Å². The highest BCUT2D eigenvalue weighted by molar-refractivity contribution is 6.32. The second kappa shape index (κ2) is 11.4. The van der Waals surface area contributed by atoms with Gasteiger partial charge in [0.25, 0.3) is 0 Å². The van der Waals surface area contributed by atoms with E-state index in [1.54, 1.807) is 19.1 Å². The number of fused-ring (bicyclic) bond motifs is 3. The maximum atomic E-state index is 13.8. The monoisotopic (exact) mass is 579 g/mol. The van der Waals surface area contributed by atoms with Gasteiger partial charge in [-0.3, -0.25) is 4.79 Å². The van der Waals surface area contributed by atoms with Gasteiger partial charge in [-0.15, -0.1) is 0 Å². The summed E-state index contributed by atoms with van der Waals surface area (Å²) in [6.07, 6.45) is 0. The molecule has 4 aromatic carbocycles. The van der Waals surface area contributed by atoms with E-state index >= 15 is 0 Å². The second-order valence-electron chi connectivity index (χ2n) is 10.2. The largest absolute Gasteiger partial charge is 0.490 e. The summed E-state index contributed by atoms with van der Waals surface area (Å²) < 4.78 is 17.8. The van der Waals surface area contributed by atoms with Crippen LogP contribution in [0.4, 0.5) is 0 Å². The number of Topliss-reactive ketones (excluding diaryl/α,β-unsaturated/α-hetero) is 1. The third-order valence-corrected chi connectivity index (χ3v) is 7.94. The summed E-state index contributed by atoms with van der Waals surface area (Å²) >= 11 is 6.91. The van der Waals surface area contributed by atoms with E-state index in [2.05, 4.69) is 23.5 Å². The molecule has 0 spiro atoms. The van der Waals surface area contributed by atoms with E-state index in [0.717, 1.165) is 21.9 Å². The Morgan fingerprint density at radius 3 is 2.43 bits per heavy atom. The number of ketones is 1. The number of dihydropyridines is 1. The Kier molecular flexibility index (Phi) is 7.48. The number of nitrogens with one attached hydrogen (secondary N) is 1. The average molecular weight is 580 g/mol. The highest BCUT2D eigenvalue weighted by Gasteiger charge is 2.43. The van der Waals surface area contributed by atoms with Gasteiger partial charge in [0.15, 0.2) is 17.3 Å². The Labute approximate surface area is 249 Å². The molecule has 0 saturated heterocycles. The number of carbonyl (C=O) groups excluding carboxylic acids is 2. The predicted molar refractivity (Wildman–Crippen MR) is 164 cm³/mol. The molecule has 2 aliphatic rings. The molecule has 0 saturated carbocycles. The molecule has 0 bridgehead atoms. The third kappa shape index (κ3) is 4.72. The predicted octanol–water partition coefficient (Wildman–Crippen LogP) is 7.60. The minimum absolute atomic E-state index is 0.141. The van der Waals surface area contributed by atoms with Crippen molar-refractivity contribution in [3.63, 3.8) is 0 Å². The van der Waals surface area contributed by atoms with Gasteiger partial charge >= 0.3 is 5.97 Å². The SMILES string of the molecule is CCOC(=O)C1=C(C)NC2=C(C(=O)c3ccccc32)[C@@H]1c1cc(Cl)c(OCc2cccc3ccccc23)c(OCC)c1. The van der Waals surface area contributed by atoms with Crippen LogP contribution >= 0.6 is 11.6 Å². The fraction of sp³-hybridized carbons (Fsp3) is 0.200. The molecule has 212 valence electrons. The first-order chi connectivity index (χ1) is 20.4. The number of ether oxygens (including phenoxy) is 3. The Balaban J connectivity index is 1.44. The van der Waals surface area contributed by atoms with Crippen LogP contribution in [0.25, 0.3) is 16.5 Å². The topological polar surface area (TPSA) is 73.9 Å². The summed E-state index contributed by atoms with van der Waals surface area (Å²) in [4.78, 5) is 27.2. The Bertz CT molecular complexity index is 1800. The number of hydrogen-bond donors (Lipinski definition) is 1. The van der Waals surface area contributed by atoms with Crippen molar-refractivity contribution in [2.45, 2.75) is 33.3 Å². The van der Waals surface area contributed by atoms with E-state index in [0.29, 0.717) is 56.8 Å². The van der Waals surface area contributed by atoms with Gasteiger partial charge in [-0.25, -0.2) is 4.79 Å². The number of allylic oxidation sites excluding steroid dienone is 2. The van der Waals surface area contributed by atoms with Crippen LogP contribution in [-0.2, 0) is 16.1 Å². The molecule has 1 aliphatic heterocycles. The Morgan fingerprint density at radius 1 is 0.905 bits per heavy atom. The van der Waals surface area contributed by atoms with Crippen molar-refractivity contribution in [1.29, 1.82) is 0 Å². The fourth-order valence-electron chi connectivity index (χ4n) is 5.87. The molecule has 1 atom stereocenters. The lowest BCUT2D eigenvalue weighted by atomic mass is 9.79. The van der Waals surface area contributed by atoms with Crippen molar-refractivity contribution in [2.75, 3.05) is 13.2 Å². The van der Waals surface area contributed by atoms with Crippen LogP contribution in [0.1, 0.15) is 53.7 Å². The van der Waals surface area contributed by atoms with Crippen LogP contribution in [0.5, 0.6) is 11.5 Å². The first-order valence-electron chi connectivity index (χ1n) is 14.0. The van der Waals surface area contributed by atoms with Crippen LogP contribution in [0.3, 0.4) is 0 Å². The van der Waals surface area contributed by atoms with Crippen LogP contribution in [0.2, 0.25) is 5.02 Å². The lowest BCUT2D eigenvalue weighted by molar-refractivity contribution is -0.138. The molecule has 0 amide bonds. The Morgan fingerprint density at radius 2 is 1.64 bits per heavy atom. The maximum absolute atomic E-state index is 13.8. The van der Waals surface area contributed by atoms with E-state index in [1.807, 2.05) is 62.4 Å². The zero-order valence-corrected chi connectivity index (χ0v) is 24.4. The molecule has 4 aromatic rings. The fourth-order valence-corrected chi connectivity index (χ4v) is 6.14. The van der Waals surface area contributed by atoms with Crippen molar-refractivity contribution in [1.82, 2.24) is 5.32 Å². The number of esters is 1. The molecule has 0 unspecified atom stereocenters. The van der Waals surface area contributed by atoms with Crippen molar-refractivity contribution < 1.29 is 23.8 Å². The molecule has 1 heterocycles. The molecule has 0 radical (unpaired) electrons. The Hall–Kier alpha value is -4.55. The van der Waals surface area contributed by atoms with E-state index < -0.39 is 11.9 Å². The zero-order valence-electron chi connectivity index (χ0n) is 23.6. The van der Waals surface area contributed by atoms with Crippen molar-refractivity contribution in [3.05, 3.63) is 123 Å². The molecule has 6 nitrogen and oxygen atoms in total. The lowest BCUT2D eigenvalue weighted by Crippen LogP contribution is -2.29. The molecule has 1 aliphatic carbocycles. The van der Waals surface area contributed by atoms with Gasteiger partial charge in [-0.1, -0.05) is 78.3 Å². The molecule has 42 heavy (non-hydrogen) atoms. The lowest BCUT2D eigenvalue weighted by Gasteiger charge is -2.30. The van der Waals surface area contributed by atoms with Gasteiger partial charge in [0.05, 0.1) is 29.5 Å². The number of carbonyl (C=O) groups is 2. The van der Waals surface area contributed by atoms with Gasteiger partial charge in [0, 0.05) is 28.3 Å². The van der Waals surface area contributed by atoms with E-state index in [4.69, 9.17) is 25.8 Å². The summed E-state index contributed by atoms with van der Waals surface area (Å²) in [5.74, 6) is -0.516. The third-order valence-electron chi connectivity index (χ3n) is 7.66. The van der Waals surface area contributed by atoms with Crippen LogP contribution in [0, 0.1) is 0 Å². The van der Waals surface area contributed by atoms with Crippen molar-refractivity contribution in [3.8, 4) is 11.5 Å². The number of benzene rings is 4. The number of hydrogen-bond acceptors (Lipinski definition) is 6. The molecule has 1 N–H and O–H groups in total. The van der Waals surface area contributed by atoms with Crippen LogP contribution < -0.4 is 14.8 Å². The number of halogens is 1. The van der Waals surface area contributed by atoms with E-state index in [1.165, 1.54) is 0 Å². The summed E-state index contributed by atoms with van der Waals surface area (Å²) in [6.45, 7) is 6.31. The first kappa shape index (κ1) is 27.6. The molecule has 6 rings (SSSR count). The second-order valence-corrected chi connectivity index (χ2v) is 10.6.